The number of carbonyl (C=O) groups is 2. The molecule has 0 fully saturated rings. The summed E-state index contributed by atoms with van der Waals surface area (Å²) in [5, 5.41) is 6.52. The Bertz CT molecular complexity index is 1090. The minimum atomic E-state index is -4.22. The van der Waals surface area contributed by atoms with Crippen LogP contribution in [0.4, 0.5) is 5.69 Å². The highest BCUT2D eigenvalue weighted by Crippen LogP contribution is 2.35. The monoisotopic (exact) mass is 435 g/mol. The molecule has 2 amide bonds. The first-order valence-electron chi connectivity index (χ1n) is 9.63. The summed E-state index contributed by atoms with van der Waals surface area (Å²) >= 11 is 0. The van der Waals surface area contributed by atoms with Gasteiger partial charge in [-0.15, -0.1) is 0 Å². The molecule has 0 aliphatic carbocycles. The van der Waals surface area contributed by atoms with Crippen LogP contribution in [0, 0.1) is 18.8 Å². The van der Waals surface area contributed by atoms with E-state index < -0.39 is 22.0 Å². The Morgan fingerprint density at radius 3 is 2.57 bits per heavy atom. The predicted molar refractivity (Wildman–Crippen MR) is 109 cm³/mol. The molecule has 10 heteroatoms. The maximum absolute atomic E-state index is 12.8. The van der Waals surface area contributed by atoms with E-state index in [1.165, 1.54) is 18.2 Å². The second-order valence-electron chi connectivity index (χ2n) is 8.10. The van der Waals surface area contributed by atoms with Crippen LogP contribution in [-0.4, -0.2) is 31.5 Å². The molecular weight excluding hydrogens is 410 g/mol. The first-order valence-corrected chi connectivity index (χ1v) is 11.1. The number of sulfonamides is 1. The number of benzene rings is 1. The van der Waals surface area contributed by atoms with Crippen molar-refractivity contribution in [3.05, 3.63) is 35.2 Å². The second-order valence-corrected chi connectivity index (χ2v) is 9.75. The molecule has 1 aliphatic rings. The molecule has 0 saturated heterocycles. The number of nitrogens with one attached hydrogen (secondary N) is 2. The molecule has 1 atom stereocenters. The van der Waals surface area contributed by atoms with Gasteiger partial charge in [0.1, 0.15) is 5.75 Å². The third kappa shape index (κ3) is 4.48. The SMILES string of the molecule is Cc1cc2c(cc1S(=O)(=O)NC(=O)c1cc(CC(C)C)no1)O[C@@H](C(C)C)C(=O)N2. The van der Waals surface area contributed by atoms with Crippen LogP contribution in [0.15, 0.2) is 27.6 Å². The number of aromatic nitrogens is 1. The number of carbonyl (C=O) groups excluding carboxylic acids is 2. The topological polar surface area (TPSA) is 128 Å². The van der Waals surface area contributed by atoms with Crippen molar-refractivity contribution in [1.82, 2.24) is 9.88 Å². The third-order valence-corrected chi connectivity index (χ3v) is 6.04. The molecule has 0 saturated carbocycles. The largest absolute Gasteiger partial charge is 0.478 e. The second kappa shape index (κ2) is 8.10. The third-order valence-electron chi connectivity index (χ3n) is 4.57. The number of rotatable bonds is 6. The van der Waals surface area contributed by atoms with E-state index >= 15 is 0 Å². The number of anilines is 1. The summed E-state index contributed by atoms with van der Waals surface area (Å²) in [6, 6.07) is 4.23. The smallest absolute Gasteiger partial charge is 0.303 e. The standard InChI is InChI=1S/C20H25N3O6S/c1-10(2)6-13-8-16(29-22-13)19(24)23-30(26,27)17-9-15-14(7-12(17)5)21-20(25)18(28-15)11(3)4/h7-11,18H,6H2,1-5H3,(H,21,25)(H,23,24)/t18-/m0/s1. The van der Waals surface area contributed by atoms with Crippen molar-refractivity contribution in [1.29, 1.82) is 0 Å². The van der Waals surface area contributed by atoms with Crippen LogP contribution in [0.1, 0.15) is 49.5 Å². The van der Waals surface area contributed by atoms with E-state index in [-0.39, 0.29) is 28.2 Å². The minimum Gasteiger partial charge on any atom is -0.478 e. The van der Waals surface area contributed by atoms with Crippen molar-refractivity contribution < 1.29 is 27.3 Å². The lowest BCUT2D eigenvalue weighted by molar-refractivity contribution is -0.125. The molecule has 162 valence electrons. The number of hydrogen-bond acceptors (Lipinski definition) is 7. The average molecular weight is 436 g/mol. The van der Waals surface area contributed by atoms with E-state index in [9.17, 15) is 18.0 Å². The summed E-state index contributed by atoms with van der Waals surface area (Å²) in [6.45, 7) is 9.20. The van der Waals surface area contributed by atoms with Crippen LogP contribution in [0.2, 0.25) is 0 Å². The van der Waals surface area contributed by atoms with E-state index in [0.717, 1.165) is 0 Å². The molecule has 2 N–H and O–H groups in total. The van der Waals surface area contributed by atoms with Gasteiger partial charge >= 0.3 is 5.91 Å². The van der Waals surface area contributed by atoms with Gasteiger partial charge in [0.25, 0.3) is 15.9 Å². The fourth-order valence-corrected chi connectivity index (χ4v) is 4.35. The Morgan fingerprint density at radius 2 is 1.93 bits per heavy atom. The van der Waals surface area contributed by atoms with Crippen molar-refractivity contribution in [3.8, 4) is 5.75 Å². The average Bonchev–Trinajstić information content (AvgIpc) is 3.07. The Balaban J connectivity index is 1.86. The van der Waals surface area contributed by atoms with Gasteiger partial charge in [-0.3, -0.25) is 9.59 Å². The Hall–Kier alpha value is -2.88. The highest BCUT2D eigenvalue weighted by Gasteiger charge is 2.32. The number of ether oxygens (including phenoxy) is 1. The fourth-order valence-electron chi connectivity index (χ4n) is 3.15. The van der Waals surface area contributed by atoms with Crippen LogP contribution in [0.25, 0.3) is 0 Å². The van der Waals surface area contributed by atoms with Crippen LogP contribution < -0.4 is 14.8 Å². The lowest BCUT2D eigenvalue weighted by Crippen LogP contribution is -2.40. The summed E-state index contributed by atoms with van der Waals surface area (Å²) in [5.41, 5.74) is 1.30. The normalized spacial score (nSPS) is 16.2. The predicted octanol–water partition coefficient (Wildman–Crippen LogP) is 2.66. The number of hydrogen-bond donors (Lipinski definition) is 2. The van der Waals surface area contributed by atoms with Gasteiger partial charge in [0.15, 0.2) is 6.10 Å². The summed E-state index contributed by atoms with van der Waals surface area (Å²) in [4.78, 5) is 24.4. The lowest BCUT2D eigenvalue weighted by Gasteiger charge is -2.29. The molecule has 1 aliphatic heterocycles. The number of fused-ring (bicyclic) bond motifs is 1. The van der Waals surface area contributed by atoms with Crippen LogP contribution in [0.3, 0.4) is 0 Å². The van der Waals surface area contributed by atoms with Crippen LogP contribution >= 0.6 is 0 Å². The van der Waals surface area contributed by atoms with E-state index in [0.29, 0.717) is 29.3 Å². The molecule has 0 bridgehead atoms. The summed E-state index contributed by atoms with van der Waals surface area (Å²) in [6.07, 6.45) is -0.132. The minimum absolute atomic E-state index is 0.106. The van der Waals surface area contributed by atoms with Crippen molar-refractivity contribution >= 4 is 27.5 Å². The summed E-state index contributed by atoms with van der Waals surface area (Å²) in [7, 11) is -4.22. The van der Waals surface area contributed by atoms with Crippen molar-refractivity contribution in [2.45, 2.75) is 52.0 Å². The zero-order valence-electron chi connectivity index (χ0n) is 17.5. The van der Waals surface area contributed by atoms with Gasteiger partial charge in [0, 0.05) is 12.1 Å². The molecule has 1 aromatic carbocycles. The molecule has 2 aromatic rings. The number of amides is 2. The van der Waals surface area contributed by atoms with Gasteiger partial charge in [0.2, 0.25) is 5.76 Å². The van der Waals surface area contributed by atoms with Gasteiger partial charge < -0.3 is 14.6 Å². The van der Waals surface area contributed by atoms with Gasteiger partial charge in [-0.1, -0.05) is 32.9 Å². The molecule has 2 heterocycles. The zero-order chi connectivity index (χ0) is 22.2. The van der Waals surface area contributed by atoms with Crippen molar-refractivity contribution in [2.24, 2.45) is 11.8 Å². The Morgan fingerprint density at radius 1 is 1.23 bits per heavy atom. The summed E-state index contributed by atoms with van der Waals surface area (Å²) < 4.78 is 38.4. The van der Waals surface area contributed by atoms with E-state index in [1.54, 1.807) is 6.92 Å². The highest BCUT2D eigenvalue weighted by molar-refractivity contribution is 7.90. The molecule has 9 nitrogen and oxygen atoms in total. The maximum Gasteiger partial charge on any atom is 0.303 e. The van der Waals surface area contributed by atoms with Gasteiger partial charge in [0.05, 0.1) is 16.3 Å². The van der Waals surface area contributed by atoms with Gasteiger partial charge in [-0.2, -0.15) is 0 Å². The quantitative estimate of drug-likeness (QED) is 0.714. The maximum atomic E-state index is 12.8. The Kier molecular flexibility index (Phi) is 5.89. The summed E-state index contributed by atoms with van der Waals surface area (Å²) in [5.74, 6) is -0.959. The molecule has 0 spiro atoms. The highest BCUT2D eigenvalue weighted by atomic mass is 32.2. The fraction of sp³-hybridized carbons (Fsp3) is 0.450. The molecule has 30 heavy (non-hydrogen) atoms. The lowest BCUT2D eigenvalue weighted by atomic mass is 10.0. The molecular formula is C20H25N3O6S. The van der Waals surface area contributed by atoms with Gasteiger partial charge in [-0.25, -0.2) is 13.1 Å². The van der Waals surface area contributed by atoms with E-state index in [2.05, 4.69) is 10.5 Å². The van der Waals surface area contributed by atoms with E-state index in [4.69, 9.17) is 9.26 Å². The van der Waals surface area contributed by atoms with Crippen molar-refractivity contribution in [3.63, 3.8) is 0 Å². The molecule has 1 aromatic heterocycles. The first-order chi connectivity index (χ1) is 14.0. The van der Waals surface area contributed by atoms with Crippen LogP contribution in [-0.2, 0) is 21.2 Å². The first kappa shape index (κ1) is 21.8. The number of aryl methyl sites for hydroxylation is 1. The van der Waals surface area contributed by atoms with Crippen molar-refractivity contribution in [2.75, 3.05) is 5.32 Å². The molecule has 0 unspecified atom stereocenters. The zero-order valence-corrected chi connectivity index (χ0v) is 18.3. The van der Waals surface area contributed by atoms with Crippen LogP contribution in [0.5, 0.6) is 5.75 Å². The number of nitrogens with zero attached hydrogens (tertiary/aromatic N) is 1. The molecule has 3 rings (SSSR count). The molecule has 0 radical (unpaired) electrons. The Labute approximate surface area is 175 Å². The van der Waals surface area contributed by atoms with E-state index in [1.807, 2.05) is 32.4 Å². The van der Waals surface area contributed by atoms with Gasteiger partial charge in [-0.05, 0) is 36.8 Å².